The summed E-state index contributed by atoms with van der Waals surface area (Å²) in [6, 6.07) is 1.82. The third kappa shape index (κ3) is 2.62. The van der Waals surface area contributed by atoms with Gasteiger partial charge in [-0.3, -0.25) is 0 Å². The van der Waals surface area contributed by atoms with Gasteiger partial charge >= 0.3 is 0 Å². The van der Waals surface area contributed by atoms with E-state index in [1.165, 1.54) is 0 Å². The van der Waals surface area contributed by atoms with E-state index in [4.69, 9.17) is 15.2 Å². The molecule has 0 saturated carbocycles. The molecule has 2 rings (SSSR count). The van der Waals surface area contributed by atoms with Crippen LogP contribution in [0.2, 0.25) is 0 Å². The molecule has 1 aromatic rings. The minimum absolute atomic E-state index is 0.424. The third-order valence-corrected chi connectivity index (χ3v) is 3.29. The molecular formula is C13H21N3O2. The van der Waals surface area contributed by atoms with Crippen LogP contribution >= 0.6 is 0 Å². The second-order valence-electron chi connectivity index (χ2n) is 4.50. The van der Waals surface area contributed by atoms with Crippen LogP contribution in [0, 0.1) is 0 Å². The molecule has 100 valence electrons. The van der Waals surface area contributed by atoms with E-state index in [1.807, 2.05) is 13.0 Å². The van der Waals surface area contributed by atoms with Crippen LogP contribution in [0.25, 0.3) is 0 Å². The van der Waals surface area contributed by atoms with Crippen LogP contribution in [0.1, 0.15) is 38.2 Å². The largest absolute Gasteiger partial charge is 0.384 e. The van der Waals surface area contributed by atoms with Gasteiger partial charge in [0.25, 0.3) is 0 Å². The molecule has 2 N–H and O–H groups in total. The molecule has 1 aliphatic heterocycles. The average molecular weight is 251 g/mol. The lowest BCUT2D eigenvalue weighted by Gasteiger charge is -2.35. The quantitative estimate of drug-likeness (QED) is 0.881. The molecule has 18 heavy (non-hydrogen) atoms. The van der Waals surface area contributed by atoms with Crippen molar-refractivity contribution >= 4 is 5.82 Å². The first-order valence-electron chi connectivity index (χ1n) is 6.56. The number of nitrogens with two attached hydrogens (primary N) is 1. The highest BCUT2D eigenvalue weighted by Gasteiger charge is 2.38. The summed E-state index contributed by atoms with van der Waals surface area (Å²) in [5.74, 6) is 1.23. The number of ether oxygens (including phenoxy) is 2. The van der Waals surface area contributed by atoms with Crippen LogP contribution in [0.5, 0.6) is 0 Å². The fraction of sp³-hybridized carbons (Fsp3) is 0.692. The number of rotatable bonds is 4. The molecule has 0 bridgehead atoms. The lowest BCUT2D eigenvalue weighted by atomic mass is 9.92. The minimum atomic E-state index is -0.424. The average Bonchev–Trinajstić information content (AvgIpc) is 2.39. The Balaban J connectivity index is 2.37. The summed E-state index contributed by atoms with van der Waals surface area (Å²) in [4.78, 5) is 8.98. The Bertz CT molecular complexity index is 398. The molecule has 0 aliphatic carbocycles. The summed E-state index contributed by atoms with van der Waals surface area (Å²) in [5.41, 5.74) is 6.40. The van der Waals surface area contributed by atoms with E-state index in [-0.39, 0.29) is 0 Å². The van der Waals surface area contributed by atoms with E-state index in [0.29, 0.717) is 31.5 Å². The molecule has 5 heteroatoms. The number of anilines is 1. The Labute approximate surface area is 108 Å². The number of hydrogen-bond donors (Lipinski definition) is 1. The zero-order valence-corrected chi connectivity index (χ0v) is 11.1. The van der Waals surface area contributed by atoms with Crippen molar-refractivity contribution in [2.45, 2.75) is 38.7 Å². The van der Waals surface area contributed by atoms with Gasteiger partial charge in [0.15, 0.2) is 5.82 Å². The zero-order chi connectivity index (χ0) is 13.0. The maximum absolute atomic E-state index is 5.95. The zero-order valence-electron chi connectivity index (χ0n) is 11.1. The van der Waals surface area contributed by atoms with Gasteiger partial charge in [0.2, 0.25) is 0 Å². The normalized spacial score (nSPS) is 18.8. The standard InChI is InChI=1S/C13H21N3O2/c1-3-10-9-11(14)16-12(15-10)13(18-4-2)5-7-17-8-6-13/h9H,3-8H2,1-2H3,(H2,14,15,16). The molecule has 1 fully saturated rings. The molecule has 1 saturated heterocycles. The summed E-state index contributed by atoms with van der Waals surface area (Å²) in [7, 11) is 0. The van der Waals surface area contributed by atoms with Gasteiger partial charge in [-0.05, 0) is 13.3 Å². The highest BCUT2D eigenvalue weighted by Crippen LogP contribution is 2.34. The summed E-state index contributed by atoms with van der Waals surface area (Å²) >= 11 is 0. The predicted molar refractivity (Wildman–Crippen MR) is 69.2 cm³/mol. The van der Waals surface area contributed by atoms with Gasteiger partial charge in [0.05, 0.1) is 0 Å². The van der Waals surface area contributed by atoms with E-state index in [9.17, 15) is 0 Å². The smallest absolute Gasteiger partial charge is 0.163 e. The number of nitrogen functional groups attached to an aromatic ring is 1. The lowest BCUT2D eigenvalue weighted by Crippen LogP contribution is -2.38. The van der Waals surface area contributed by atoms with Crippen LogP contribution in [-0.4, -0.2) is 29.8 Å². The topological polar surface area (TPSA) is 70.3 Å². The molecule has 0 aromatic carbocycles. The Morgan fingerprint density at radius 3 is 2.67 bits per heavy atom. The second kappa shape index (κ2) is 5.63. The maximum Gasteiger partial charge on any atom is 0.163 e. The van der Waals surface area contributed by atoms with Gasteiger partial charge in [0, 0.05) is 44.4 Å². The van der Waals surface area contributed by atoms with Gasteiger partial charge in [-0.25, -0.2) is 9.97 Å². The molecule has 1 aromatic heterocycles. The SMILES string of the molecule is CCOC1(c2nc(N)cc(CC)n2)CCOCC1. The number of aryl methyl sites for hydroxylation is 1. The number of aromatic nitrogens is 2. The molecular weight excluding hydrogens is 230 g/mol. The van der Waals surface area contributed by atoms with Crippen molar-refractivity contribution in [1.82, 2.24) is 9.97 Å². The van der Waals surface area contributed by atoms with Crippen molar-refractivity contribution in [1.29, 1.82) is 0 Å². The molecule has 0 amide bonds. The molecule has 1 aliphatic rings. The van der Waals surface area contributed by atoms with Crippen molar-refractivity contribution in [2.24, 2.45) is 0 Å². The number of hydrogen-bond acceptors (Lipinski definition) is 5. The molecule has 0 spiro atoms. The van der Waals surface area contributed by atoms with Crippen LogP contribution in [0.3, 0.4) is 0 Å². The predicted octanol–water partition coefficient (Wildman–Crippen LogP) is 1.66. The molecule has 5 nitrogen and oxygen atoms in total. The van der Waals surface area contributed by atoms with Crippen LogP contribution < -0.4 is 5.73 Å². The Morgan fingerprint density at radius 1 is 1.33 bits per heavy atom. The van der Waals surface area contributed by atoms with E-state index < -0.39 is 5.60 Å². The Morgan fingerprint density at radius 2 is 2.06 bits per heavy atom. The fourth-order valence-corrected chi connectivity index (χ4v) is 2.31. The Kier molecular flexibility index (Phi) is 4.14. The number of nitrogens with zero attached hydrogens (tertiary/aromatic N) is 2. The molecule has 0 unspecified atom stereocenters. The highest BCUT2D eigenvalue weighted by molar-refractivity contribution is 5.31. The van der Waals surface area contributed by atoms with Crippen molar-refractivity contribution < 1.29 is 9.47 Å². The van der Waals surface area contributed by atoms with Crippen LogP contribution in [-0.2, 0) is 21.5 Å². The fourth-order valence-electron chi connectivity index (χ4n) is 2.31. The Hall–Kier alpha value is -1.20. The minimum Gasteiger partial charge on any atom is -0.384 e. The monoisotopic (exact) mass is 251 g/mol. The summed E-state index contributed by atoms with van der Waals surface area (Å²) in [6.45, 7) is 6.05. The van der Waals surface area contributed by atoms with Gasteiger partial charge in [0.1, 0.15) is 11.4 Å². The summed E-state index contributed by atoms with van der Waals surface area (Å²) in [6.07, 6.45) is 2.42. The first-order chi connectivity index (χ1) is 8.70. The molecule has 0 radical (unpaired) electrons. The third-order valence-electron chi connectivity index (χ3n) is 3.29. The second-order valence-corrected chi connectivity index (χ2v) is 4.50. The van der Waals surface area contributed by atoms with Gasteiger partial charge < -0.3 is 15.2 Å². The van der Waals surface area contributed by atoms with Crippen molar-refractivity contribution in [3.8, 4) is 0 Å². The lowest BCUT2D eigenvalue weighted by molar-refractivity contribution is -0.117. The highest BCUT2D eigenvalue weighted by atomic mass is 16.5. The van der Waals surface area contributed by atoms with Gasteiger partial charge in [-0.1, -0.05) is 6.92 Å². The molecule has 0 atom stereocenters. The molecule has 2 heterocycles. The van der Waals surface area contributed by atoms with E-state index in [2.05, 4.69) is 16.9 Å². The summed E-state index contributed by atoms with van der Waals surface area (Å²) < 4.78 is 11.4. The van der Waals surface area contributed by atoms with E-state index in [0.717, 1.165) is 25.0 Å². The van der Waals surface area contributed by atoms with E-state index >= 15 is 0 Å². The van der Waals surface area contributed by atoms with Crippen LogP contribution in [0.15, 0.2) is 6.07 Å². The van der Waals surface area contributed by atoms with Crippen molar-refractivity contribution in [2.75, 3.05) is 25.6 Å². The first kappa shape index (κ1) is 13.2. The van der Waals surface area contributed by atoms with E-state index in [1.54, 1.807) is 0 Å². The van der Waals surface area contributed by atoms with Gasteiger partial charge in [-0.2, -0.15) is 0 Å². The summed E-state index contributed by atoms with van der Waals surface area (Å²) in [5, 5.41) is 0. The van der Waals surface area contributed by atoms with Crippen LogP contribution in [0.4, 0.5) is 5.82 Å². The van der Waals surface area contributed by atoms with Crippen molar-refractivity contribution in [3.05, 3.63) is 17.6 Å². The van der Waals surface area contributed by atoms with Gasteiger partial charge in [-0.15, -0.1) is 0 Å². The maximum atomic E-state index is 5.95. The van der Waals surface area contributed by atoms with Crippen molar-refractivity contribution in [3.63, 3.8) is 0 Å². The first-order valence-corrected chi connectivity index (χ1v) is 6.56.